The van der Waals surface area contributed by atoms with Crippen LogP contribution in [0.4, 0.5) is 11.6 Å². The van der Waals surface area contributed by atoms with Gasteiger partial charge in [0.15, 0.2) is 0 Å². The number of hydrogen-bond acceptors (Lipinski definition) is 7. The van der Waals surface area contributed by atoms with Crippen molar-refractivity contribution in [3.8, 4) is 5.88 Å². The SMILES string of the molecule is COc1cc(NC2CCN(c3cnccn3)CC2)ncn1. The second-order valence-corrected chi connectivity index (χ2v) is 4.91. The molecular weight excluding hydrogens is 268 g/mol. The zero-order valence-electron chi connectivity index (χ0n) is 11.9. The molecule has 1 saturated heterocycles. The van der Waals surface area contributed by atoms with Gasteiger partial charge in [0, 0.05) is 37.6 Å². The number of rotatable bonds is 4. The number of aromatic nitrogens is 4. The summed E-state index contributed by atoms with van der Waals surface area (Å²) in [6.45, 7) is 1.91. The molecule has 0 amide bonds. The summed E-state index contributed by atoms with van der Waals surface area (Å²) in [6.07, 6.45) is 8.80. The quantitative estimate of drug-likeness (QED) is 0.909. The number of nitrogens with zero attached hydrogens (tertiary/aromatic N) is 5. The highest BCUT2D eigenvalue weighted by atomic mass is 16.5. The van der Waals surface area contributed by atoms with Crippen molar-refractivity contribution in [2.75, 3.05) is 30.4 Å². The molecule has 2 aromatic heterocycles. The van der Waals surface area contributed by atoms with E-state index in [0.717, 1.165) is 37.6 Å². The molecule has 3 rings (SSSR count). The van der Waals surface area contributed by atoms with Crippen molar-refractivity contribution in [1.82, 2.24) is 19.9 Å². The first kappa shape index (κ1) is 13.5. The van der Waals surface area contributed by atoms with Crippen molar-refractivity contribution in [2.24, 2.45) is 0 Å². The largest absolute Gasteiger partial charge is 0.481 e. The minimum atomic E-state index is 0.400. The monoisotopic (exact) mass is 286 g/mol. The fourth-order valence-electron chi connectivity index (χ4n) is 2.45. The summed E-state index contributed by atoms with van der Waals surface area (Å²) in [5.41, 5.74) is 0. The minimum Gasteiger partial charge on any atom is -0.481 e. The molecule has 7 nitrogen and oxygen atoms in total. The fourth-order valence-corrected chi connectivity index (χ4v) is 2.45. The molecule has 1 aliphatic heterocycles. The van der Waals surface area contributed by atoms with Crippen LogP contribution in [0.25, 0.3) is 0 Å². The minimum absolute atomic E-state index is 0.400. The highest BCUT2D eigenvalue weighted by Crippen LogP contribution is 2.20. The molecule has 0 bridgehead atoms. The van der Waals surface area contributed by atoms with E-state index in [2.05, 4.69) is 30.2 Å². The molecule has 1 aliphatic rings. The first-order chi connectivity index (χ1) is 10.3. The van der Waals surface area contributed by atoms with Crippen molar-refractivity contribution < 1.29 is 4.74 Å². The molecule has 0 aliphatic carbocycles. The Balaban J connectivity index is 1.56. The second kappa shape index (κ2) is 6.34. The van der Waals surface area contributed by atoms with Gasteiger partial charge in [0.2, 0.25) is 5.88 Å². The molecule has 0 spiro atoms. The molecule has 2 aromatic rings. The van der Waals surface area contributed by atoms with E-state index in [4.69, 9.17) is 4.74 Å². The summed E-state index contributed by atoms with van der Waals surface area (Å²) in [7, 11) is 1.60. The van der Waals surface area contributed by atoms with Crippen molar-refractivity contribution in [3.63, 3.8) is 0 Å². The van der Waals surface area contributed by atoms with Crippen LogP contribution < -0.4 is 15.0 Å². The Morgan fingerprint density at radius 1 is 1.19 bits per heavy atom. The summed E-state index contributed by atoms with van der Waals surface area (Å²) < 4.78 is 5.10. The maximum atomic E-state index is 5.10. The van der Waals surface area contributed by atoms with Crippen LogP contribution in [0, 0.1) is 0 Å². The predicted molar refractivity (Wildman–Crippen MR) is 79.5 cm³/mol. The topological polar surface area (TPSA) is 76.1 Å². The molecule has 0 unspecified atom stereocenters. The highest BCUT2D eigenvalue weighted by Gasteiger charge is 2.20. The molecule has 7 heteroatoms. The maximum Gasteiger partial charge on any atom is 0.218 e. The van der Waals surface area contributed by atoms with E-state index in [1.165, 1.54) is 6.33 Å². The van der Waals surface area contributed by atoms with Crippen LogP contribution in [-0.4, -0.2) is 46.2 Å². The van der Waals surface area contributed by atoms with Gasteiger partial charge in [-0.3, -0.25) is 4.98 Å². The third-order valence-corrected chi connectivity index (χ3v) is 3.57. The van der Waals surface area contributed by atoms with Crippen LogP contribution in [0.15, 0.2) is 31.0 Å². The number of piperidine rings is 1. The van der Waals surface area contributed by atoms with Gasteiger partial charge in [-0.05, 0) is 12.8 Å². The molecule has 1 fully saturated rings. The summed E-state index contributed by atoms with van der Waals surface area (Å²) in [5.74, 6) is 2.32. The summed E-state index contributed by atoms with van der Waals surface area (Å²) >= 11 is 0. The van der Waals surface area contributed by atoms with Crippen LogP contribution in [0.2, 0.25) is 0 Å². The van der Waals surface area contributed by atoms with E-state index in [9.17, 15) is 0 Å². The van der Waals surface area contributed by atoms with Crippen LogP contribution in [0.1, 0.15) is 12.8 Å². The molecular formula is C14H18N6O. The van der Waals surface area contributed by atoms with E-state index in [1.54, 1.807) is 19.5 Å². The lowest BCUT2D eigenvalue weighted by Crippen LogP contribution is -2.39. The van der Waals surface area contributed by atoms with Gasteiger partial charge in [-0.25, -0.2) is 15.0 Å². The van der Waals surface area contributed by atoms with Gasteiger partial charge >= 0.3 is 0 Å². The van der Waals surface area contributed by atoms with E-state index in [0.29, 0.717) is 11.9 Å². The standard InChI is InChI=1S/C14H18N6O/c1-21-14-8-12(17-10-18-14)19-11-2-6-20(7-3-11)13-9-15-4-5-16-13/h4-5,8-11H,2-3,6-7H2,1H3,(H,17,18,19). The Morgan fingerprint density at radius 3 is 2.76 bits per heavy atom. The second-order valence-electron chi connectivity index (χ2n) is 4.91. The summed E-state index contributed by atoms with van der Waals surface area (Å²) in [6, 6.07) is 2.22. The van der Waals surface area contributed by atoms with Crippen LogP contribution in [0.5, 0.6) is 5.88 Å². The van der Waals surface area contributed by atoms with Gasteiger partial charge < -0.3 is 15.0 Å². The lowest BCUT2D eigenvalue weighted by molar-refractivity contribution is 0.397. The fraction of sp³-hybridized carbons (Fsp3) is 0.429. The van der Waals surface area contributed by atoms with Gasteiger partial charge in [-0.2, -0.15) is 0 Å². The third-order valence-electron chi connectivity index (χ3n) is 3.57. The highest BCUT2D eigenvalue weighted by molar-refractivity contribution is 5.40. The Morgan fingerprint density at radius 2 is 2.05 bits per heavy atom. The Hall–Kier alpha value is -2.44. The van der Waals surface area contributed by atoms with Crippen LogP contribution in [0.3, 0.4) is 0 Å². The van der Waals surface area contributed by atoms with E-state index < -0.39 is 0 Å². The van der Waals surface area contributed by atoms with Crippen LogP contribution >= 0.6 is 0 Å². The molecule has 110 valence electrons. The van der Waals surface area contributed by atoms with Crippen molar-refractivity contribution in [1.29, 1.82) is 0 Å². The number of hydrogen-bond donors (Lipinski definition) is 1. The molecule has 0 atom stereocenters. The van der Waals surface area contributed by atoms with Gasteiger partial charge in [0.05, 0.1) is 13.3 Å². The number of nitrogens with one attached hydrogen (secondary N) is 1. The molecule has 1 N–H and O–H groups in total. The number of ether oxygens (including phenoxy) is 1. The van der Waals surface area contributed by atoms with Gasteiger partial charge in [-0.15, -0.1) is 0 Å². The van der Waals surface area contributed by atoms with Crippen LogP contribution in [-0.2, 0) is 0 Å². The lowest BCUT2D eigenvalue weighted by atomic mass is 10.1. The van der Waals surface area contributed by atoms with E-state index >= 15 is 0 Å². The Labute approximate surface area is 123 Å². The first-order valence-electron chi connectivity index (χ1n) is 6.98. The number of methoxy groups -OCH3 is 1. The normalized spacial score (nSPS) is 15.8. The number of anilines is 2. The predicted octanol–water partition coefficient (Wildman–Crippen LogP) is 1.36. The van der Waals surface area contributed by atoms with E-state index in [1.807, 2.05) is 12.3 Å². The van der Waals surface area contributed by atoms with E-state index in [-0.39, 0.29) is 0 Å². The average Bonchev–Trinajstić information content (AvgIpc) is 2.56. The van der Waals surface area contributed by atoms with Gasteiger partial charge in [-0.1, -0.05) is 0 Å². The molecule has 0 saturated carbocycles. The summed E-state index contributed by atoms with van der Waals surface area (Å²) in [5, 5.41) is 3.43. The average molecular weight is 286 g/mol. The molecule has 3 heterocycles. The molecule has 0 aromatic carbocycles. The molecule has 0 radical (unpaired) electrons. The molecule has 21 heavy (non-hydrogen) atoms. The Kier molecular flexibility index (Phi) is 4.09. The van der Waals surface area contributed by atoms with Crippen molar-refractivity contribution >= 4 is 11.6 Å². The van der Waals surface area contributed by atoms with Gasteiger partial charge in [0.25, 0.3) is 0 Å². The summed E-state index contributed by atoms with van der Waals surface area (Å²) in [4.78, 5) is 18.9. The zero-order chi connectivity index (χ0) is 14.5. The smallest absolute Gasteiger partial charge is 0.218 e. The first-order valence-corrected chi connectivity index (χ1v) is 6.98. The maximum absolute atomic E-state index is 5.10. The Bertz CT molecular complexity index is 571. The lowest BCUT2D eigenvalue weighted by Gasteiger charge is -2.33. The zero-order valence-corrected chi connectivity index (χ0v) is 11.9. The van der Waals surface area contributed by atoms with Crippen molar-refractivity contribution in [2.45, 2.75) is 18.9 Å². The van der Waals surface area contributed by atoms with Gasteiger partial charge in [0.1, 0.15) is 18.0 Å². The third kappa shape index (κ3) is 3.36. The van der Waals surface area contributed by atoms with Crippen molar-refractivity contribution in [3.05, 3.63) is 31.0 Å².